The van der Waals surface area contributed by atoms with Crippen LogP contribution in [-0.4, -0.2) is 15.7 Å². The molecule has 5 heteroatoms. The molecule has 0 spiro atoms. The number of rotatable bonds is 5. The fourth-order valence-electron chi connectivity index (χ4n) is 2.73. The number of carbonyl (C=O) groups is 1. The van der Waals surface area contributed by atoms with Gasteiger partial charge in [0.25, 0.3) is 0 Å². The van der Waals surface area contributed by atoms with Crippen LogP contribution in [-0.2, 0) is 11.3 Å². The molecule has 3 aromatic rings. The van der Waals surface area contributed by atoms with Crippen molar-refractivity contribution in [2.24, 2.45) is 0 Å². The van der Waals surface area contributed by atoms with Crippen LogP contribution in [0, 0.1) is 13.8 Å². The molecule has 0 aliphatic heterocycles. The quantitative estimate of drug-likeness (QED) is 0.626. The van der Waals surface area contributed by atoms with Crippen molar-refractivity contribution in [3.05, 3.63) is 87.7 Å². The average molecular weight is 410 g/mol. The second kappa shape index (κ2) is 8.15. The van der Waals surface area contributed by atoms with E-state index in [1.54, 1.807) is 12.2 Å². The Morgan fingerprint density at radius 1 is 1.12 bits per heavy atom. The van der Waals surface area contributed by atoms with E-state index in [4.69, 9.17) is 0 Å². The molecule has 0 aliphatic rings. The zero-order valence-corrected chi connectivity index (χ0v) is 16.3. The van der Waals surface area contributed by atoms with E-state index < -0.39 is 0 Å². The van der Waals surface area contributed by atoms with Crippen molar-refractivity contribution in [3.63, 3.8) is 0 Å². The molecule has 0 unspecified atom stereocenters. The van der Waals surface area contributed by atoms with Gasteiger partial charge in [-0.05, 0) is 49.8 Å². The van der Waals surface area contributed by atoms with Crippen molar-refractivity contribution in [2.45, 2.75) is 20.4 Å². The molecule has 0 aliphatic carbocycles. The number of benzene rings is 2. The summed E-state index contributed by atoms with van der Waals surface area (Å²) >= 11 is 3.40. The smallest absolute Gasteiger partial charge is 0.244 e. The molecule has 1 aromatic heterocycles. The van der Waals surface area contributed by atoms with Gasteiger partial charge in [0.2, 0.25) is 5.91 Å². The van der Waals surface area contributed by atoms with E-state index in [1.807, 2.05) is 73.1 Å². The number of hydrogen-bond donors (Lipinski definition) is 1. The van der Waals surface area contributed by atoms with Crippen LogP contribution in [0.1, 0.15) is 22.5 Å². The van der Waals surface area contributed by atoms with Gasteiger partial charge < -0.3 is 5.32 Å². The Kier molecular flexibility index (Phi) is 5.68. The molecule has 0 radical (unpaired) electrons. The molecule has 132 valence electrons. The third-order valence-corrected chi connectivity index (χ3v) is 4.71. The monoisotopic (exact) mass is 409 g/mol. The number of carbonyl (C=O) groups excluding carboxylic acids is 1. The Labute approximate surface area is 161 Å². The first-order valence-electron chi connectivity index (χ1n) is 8.36. The van der Waals surface area contributed by atoms with Crippen LogP contribution in [0.25, 0.3) is 11.8 Å². The Morgan fingerprint density at radius 3 is 2.50 bits per heavy atom. The molecule has 4 nitrogen and oxygen atoms in total. The molecule has 0 saturated heterocycles. The average Bonchev–Trinajstić information content (AvgIpc) is 2.94. The van der Waals surface area contributed by atoms with Crippen molar-refractivity contribution in [2.75, 3.05) is 0 Å². The van der Waals surface area contributed by atoms with Crippen LogP contribution < -0.4 is 5.32 Å². The van der Waals surface area contributed by atoms with Gasteiger partial charge in [-0.3, -0.25) is 4.79 Å². The molecule has 0 saturated carbocycles. The van der Waals surface area contributed by atoms with Crippen molar-refractivity contribution in [1.29, 1.82) is 0 Å². The normalized spacial score (nSPS) is 11.0. The maximum Gasteiger partial charge on any atom is 0.244 e. The summed E-state index contributed by atoms with van der Waals surface area (Å²) < 4.78 is 2.93. The van der Waals surface area contributed by atoms with E-state index >= 15 is 0 Å². The van der Waals surface area contributed by atoms with Crippen LogP contribution in [0.5, 0.6) is 0 Å². The van der Waals surface area contributed by atoms with Crippen LogP contribution >= 0.6 is 15.9 Å². The summed E-state index contributed by atoms with van der Waals surface area (Å²) in [5.41, 5.74) is 4.99. The minimum atomic E-state index is -0.126. The summed E-state index contributed by atoms with van der Waals surface area (Å²) in [5.74, 6) is -0.126. The van der Waals surface area contributed by atoms with Gasteiger partial charge in [0.15, 0.2) is 0 Å². The molecule has 1 heterocycles. The topological polar surface area (TPSA) is 46.9 Å². The molecular weight excluding hydrogens is 390 g/mol. The number of aryl methyl sites for hydroxylation is 1. The number of hydrogen-bond acceptors (Lipinski definition) is 2. The second-order valence-electron chi connectivity index (χ2n) is 6.00. The summed E-state index contributed by atoms with van der Waals surface area (Å²) in [6, 6.07) is 17.8. The molecule has 3 rings (SSSR count). The lowest BCUT2D eigenvalue weighted by Gasteiger charge is -2.06. The van der Waals surface area contributed by atoms with Gasteiger partial charge in [-0.25, -0.2) is 4.68 Å². The highest BCUT2D eigenvalue weighted by Gasteiger charge is 2.12. The number of halogens is 1. The van der Waals surface area contributed by atoms with Gasteiger partial charge in [0, 0.05) is 28.4 Å². The molecule has 1 N–H and O–H groups in total. The Bertz CT molecular complexity index is 928. The second-order valence-corrected chi connectivity index (χ2v) is 6.92. The molecule has 2 aromatic carbocycles. The van der Waals surface area contributed by atoms with E-state index in [0.717, 1.165) is 32.7 Å². The SMILES string of the molecule is Cc1nn(-c2ccccc2)c(C)c1CNC(=O)/C=C/c1ccc(Br)cc1. The van der Waals surface area contributed by atoms with Gasteiger partial charge in [-0.15, -0.1) is 0 Å². The summed E-state index contributed by atoms with van der Waals surface area (Å²) in [5, 5.41) is 7.54. The van der Waals surface area contributed by atoms with Gasteiger partial charge in [0.05, 0.1) is 11.4 Å². The van der Waals surface area contributed by atoms with Gasteiger partial charge >= 0.3 is 0 Å². The Morgan fingerprint density at radius 2 is 1.81 bits per heavy atom. The number of nitrogens with one attached hydrogen (secondary N) is 1. The zero-order chi connectivity index (χ0) is 18.5. The minimum absolute atomic E-state index is 0.126. The van der Waals surface area contributed by atoms with Gasteiger partial charge in [0.1, 0.15) is 0 Å². The Hall–Kier alpha value is -2.66. The fraction of sp³-hybridized carbons (Fsp3) is 0.143. The van der Waals surface area contributed by atoms with E-state index in [1.165, 1.54) is 0 Å². The number of para-hydroxylation sites is 1. The number of nitrogens with zero attached hydrogens (tertiary/aromatic N) is 2. The van der Waals surface area contributed by atoms with Crippen molar-refractivity contribution in [1.82, 2.24) is 15.1 Å². The van der Waals surface area contributed by atoms with E-state index in [9.17, 15) is 4.79 Å². The maximum atomic E-state index is 12.1. The molecule has 1 amide bonds. The third-order valence-electron chi connectivity index (χ3n) is 4.18. The standard InChI is InChI=1S/C21H20BrN3O/c1-15-20(16(2)25(24-15)19-6-4-3-5-7-19)14-23-21(26)13-10-17-8-11-18(22)12-9-17/h3-13H,14H2,1-2H3,(H,23,26)/b13-10+. The van der Waals surface area contributed by atoms with Crippen LogP contribution in [0.4, 0.5) is 0 Å². The summed E-state index contributed by atoms with van der Waals surface area (Å²) in [6.07, 6.45) is 3.35. The molecule has 26 heavy (non-hydrogen) atoms. The van der Waals surface area contributed by atoms with Crippen LogP contribution in [0.15, 0.2) is 65.1 Å². The lowest BCUT2D eigenvalue weighted by atomic mass is 10.2. The lowest BCUT2D eigenvalue weighted by molar-refractivity contribution is -0.116. The van der Waals surface area contributed by atoms with Crippen molar-refractivity contribution in [3.8, 4) is 5.69 Å². The number of amides is 1. The molecule has 0 bridgehead atoms. The summed E-state index contributed by atoms with van der Waals surface area (Å²) in [4.78, 5) is 12.1. The van der Waals surface area contributed by atoms with Crippen molar-refractivity contribution >= 4 is 27.9 Å². The Balaban J connectivity index is 1.67. The molecule has 0 atom stereocenters. The number of aromatic nitrogens is 2. The minimum Gasteiger partial charge on any atom is -0.348 e. The van der Waals surface area contributed by atoms with Gasteiger partial charge in [-0.1, -0.05) is 46.3 Å². The van der Waals surface area contributed by atoms with Gasteiger partial charge in [-0.2, -0.15) is 5.10 Å². The summed E-state index contributed by atoms with van der Waals surface area (Å²) in [6.45, 7) is 4.44. The predicted octanol–water partition coefficient (Wildman–Crippen LogP) is 4.58. The first-order chi connectivity index (χ1) is 12.5. The van der Waals surface area contributed by atoms with Crippen LogP contribution in [0.3, 0.4) is 0 Å². The van der Waals surface area contributed by atoms with E-state index in [2.05, 4.69) is 26.3 Å². The first kappa shape index (κ1) is 18.1. The van der Waals surface area contributed by atoms with E-state index in [0.29, 0.717) is 6.54 Å². The molecular formula is C21H20BrN3O. The lowest BCUT2D eigenvalue weighted by Crippen LogP contribution is -2.21. The van der Waals surface area contributed by atoms with Crippen molar-refractivity contribution < 1.29 is 4.79 Å². The van der Waals surface area contributed by atoms with Crippen LogP contribution in [0.2, 0.25) is 0 Å². The highest BCUT2D eigenvalue weighted by Crippen LogP contribution is 2.17. The maximum absolute atomic E-state index is 12.1. The molecule has 0 fully saturated rings. The summed E-state index contributed by atoms with van der Waals surface area (Å²) in [7, 11) is 0. The van der Waals surface area contributed by atoms with E-state index in [-0.39, 0.29) is 5.91 Å². The third kappa shape index (κ3) is 4.29. The largest absolute Gasteiger partial charge is 0.348 e. The predicted molar refractivity (Wildman–Crippen MR) is 108 cm³/mol. The highest BCUT2D eigenvalue weighted by atomic mass is 79.9. The zero-order valence-electron chi connectivity index (χ0n) is 14.7. The highest BCUT2D eigenvalue weighted by molar-refractivity contribution is 9.10. The first-order valence-corrected chi connectivity index (χ1v) is 9.16. The fourth-order valence-corrected chi connectivity index (χ4v) is 3.00.